The molecule has 1 aliphatic rings. The molecule has 1 aromatic carbocycles. The average molecular weight is 502 g/mol. The van der Waals surface area contributed by atoms with Gasteiger partial charge in [-0.2, -0.15) is 0 Å². The van der Waals surface area contributed by atoms with Crippen LogP contribution in [0.3, 0.4) is 0 Å². The first-order chi connectivity index (χ1) is 12.9. The SMILES string of the molecule is CCNC(=NCC(C)(C)c1ccccc1)NCC(C)CN1CCN(C)CC1.I. The Morgan fingerprint density at radius 3 is 2.36 bits per heavy atom. The van der Waals surface area contributed by atoms with Crippen LogP contribution in [-0.4, -0.2) is 75.2 Å². The maximum Gasteiger partial charge on any atom is 0.191 e. The van der Waals surface area contributed by atoms with Crippen LogP contribution < -0.4 is 10.6 Å². The lowest BCUT2D eigenvalue weighted by Gasteiger charge is -2.34. The Morgan fingerprint density at radius 2 is 1.75 bits per heavy atom. The van der Waals surface area contributed by atoms with Gasteiger partial charge in [-0.1, -0.05) is 51.1 Å². The number of nitrogens with one attached hydrogen (secondary N) is 2. The fourth-order valence-corrected chi connectivity index (χ4v) is 3.41. The van der Waals surface area contributed by atoms with Gasteiger partial charge in [0.15, 0.2) is 5.96 Å². The van der Waals surface area contributed by atoms with E-state index in [1.54, 1.807) is 0 Å². The highest BCUT2D eigenvalue weighted by Crippen LogP contribution is 2.22. The topological polar surface area (TPSA) is 42.9 Å². The van der Waals surface area contributed by atoms with Crippen molar-refractivity contribution in [1.82, 2.24) is 20.4 Å². The number of rotatable bonds is 8. The third kappa shape index (κ3) is 8.66. The lowest BCUT2D eigenvalue weighted by Crippen LogP contribution is -2.47. The average Bonchev–Trinajstić information content (AvgIpc) is 2.66. The van der Waals surface area contributed by atoms with E-state index in [9.17, 15) is 0 Å². The summed E-state index contributed by atoms with van der Waals surface area (Å²) in [5, 5.41) is 6.93. The predicted molar refractivity (Wildman–Crippen MR) is 132 cm³/mol. The summed E-state index contributed by atoms with van der Waals surface area (Å²) in [5.41, 5.74) is 1.35. The number of aliphatic imine (C=N–C) groups is 1. The maximum absolute atomic E-state index is 4.86. The molecule has 0 bridgehead atoms. The Hall–Kier alpha value is -0.860. The third-order valence-electron chi connectivity index (χ3n) is 5.32. The Balaban J connectivity index is 0.00000392. The van der Waals surface area contributed by atoms with Crippen molar-refractivity contribution in [2.24, 2.45) is 10.9 Å². The zero-order chi connectivity index (χ0) is 19.7. The molecule has 0 spiro atoms. The van der Waals surface area contributed by atoms with E-state index in [0.29, 0.717) is 5.92 Å². The monoisotopic (exact) mass is 501 g/mol. The van der Waals surface area contributed by atoms with Gasteiger partial charge >= 0.3 is 0 Å². The molecule has 5 nitrogen and oxygen atoms in total. The molecule has 1 fully saturated rings. The minimum Gasteiger partial charge on any atom is -0.357 e. The minimum absolute atomic E-state index is 0. The van der Waals surface area contributed by atoms with Crippen LogP contribution in [0.1, 0.15) is 33.3 Å². The van der Waals surface area contributed by atoms with Crippen molar-refractivity contribution in [3.05, 3.63) is 35.9 Å². The molecule has 2 rings (SSSR count). The standard InChI is InChI=1S/C22H39N5.HI/c1-6-23-21(25-18-22(3,4)20-10-8-7-9-11-20)24-16-19(2)17-27-14-12-26(5)13-15-27;/h7-11,19H,6,12-18H2,1-5H3,(H2,23,24,25);1H. The smallest absolute Gasteiger partial charge is 0.191 e. The van der Waals surface area contributed by atoms with Crippen LogP contribution in [0.25, 0.3) is 0 Å². The Kier molecular flexibility index (Phi) is 11.4. The fourth-order valence-electron chi connectivity index (χ4n) is 3.41. The molecule has 0 amide bonds. The number of halogens is 1. The normalized spacial score (nSPS) is 17.7. The molecule has 0 saturated carbocycles. The Morgan fingerprint density at radius 1 is 1.11 bits per heavy atom. The second-order valence-electron chi connectivity index (χ2n) is 8.54. The lowest BCUT2D eigenvalue weighted by atomic mass is 9.85. The van der Waals surface area contributed by atoms with E-state index >= 15 is 0 Å². The van der Waals surface area contributed by atoms with Crippen molar-refractivity contribution in [2.75, 3.05) is 59.4 Å². The van der Waals surface area contributed by atoms with Gasteiger partial charge in [0.25, 0.3) is 0 Å². The summed E-state index contributed by atoms with van der Waals surface area (Å²) >= 11 is 0. The van der Waals surface area contributed by atoms with Crippen LogP contribution in [0.5, 0.6) is 0 Å². The summed E-state index contributed by atoms with van der Waals surface area (Å²) in [7, 11) is 2.21. The highest BCUT2D eigenvalue weighted by atomic mass is 127. The van der Waals surface area contributed by atoms with E-state index < -0.39 is 0 Å². The third-order valence-corrected chi connectivity index (χ3v) is 5.32. The molecule has 1 unspecified atom stereocenters. The van der Waals surface area contributed by atoms with Crippen LogP contribution in [0.4, 0.5) is 0 Å². The molecule has 1 atom stereocenters. The summed E-state index contributed by atoms with van der Waals surface area (Å²) < 4.78 is 0. The molecule has 0 aliphatic carbocycles. The van der Waals surface area contributed by atoms with Gasteiger partial charge in [-0.15, -0.1) is 24.0 Å². The van der Waals surface area contributed by atoms with Gasteiger partial charge in [0.05, 0.1) is 6.54 Å². The van der Waals surface area contributed by atoms with Crippen molar-refractivity contribution >= 4 is 29.9 Å². The van der Waals surface area contributed by atoms with Gasteiger partial charge in [0, 0.05) is 51.2 Å². The number of hydrogen-bond donors (Lipinski definition) is 2. The van der Waals surface area contributed by atoms with Gasteiger partial charge in [-0.05, 0) is 25.5 Å². The lowest BCUT2D eigenvalue weighted by molar-refractivity contribution is 0.139. The summed E-state index contributed by atoms with van der Waals surface area (Å²) in [6.07, 6.45) is 0. The quantitative estimate of drug-likeness (QED) is 0.327. The molecule has 2 N–H and O–H groups in total. The van der Waals surface area contributed by atoms with E-state index in [2.05, 4.69) is 85.5 Å². The van der Waals surface area contributed by atoms with Crippen molar-refractivity contribution in [3.63, 3.8) is 0 Å². The van der Waals surface area contributed by atoms with Crippen LogP contribution >= 0.6 is 24.0 Å². The number of piperazine rings is 1. The first kappa shape index (κ1) is 25.2. The highest BCUT2D eigenvalue weighted by molar-refractivity contribution is 14.0. The molecule has 6 heteroatoms. The first-order valence-electron chi connectivity index (χ1n) is 10.4. The number of likely N-dealkylation sites (N-methyl/N-ethyl adjacent to an activating group) is 1. The van der Waals surface area contributed by atoms with Crippen LogP contribution in [0.2, 0.25) is 0 Å². The van der Waals surface area contributed by atoms with Gasteiger partial charge < -0.3 is 20.4 Å². The largest absolute Gasteiger partial charge is 0.357 e. The second kappa shape index (κ2) is 12.6. The molecule has 0 radical (unpaired) electrons. The fraction of sp³-hybridized carbons (Fsp3) is 0.682. The van der Waals surface area contributed by atoms with Crippen LogP contribution in [0.15, 0.2) is 35.3 Å². The zero-order valence-corrected chi connectivity index (χ0v) is 20.7. The Labute approximate surface area is 189 Å². The molecule has 1 aliphatic heterocycles. The number of benzene rings is 1. The van der Waals surface area contributed by atoms with Gasteiger partial charge in [0.2, 0.25) is 0 Å². The van der Waals surface area contributed by atoms with Gasteiger partial charge in [-0.25, -0.2) is 0 Å². The van der Waals surface area contributed by atoms with Crippen molar-refractivity contribution in [2.45, 2.75) is 33.1 Å². The van der Waals surface area contributed by atoms with E-state index in [1.165, 1.54) is 31.7 Å². The molecule has 0 aromatic heterocycles. The van der Waals surface area contributed by atoms with Gasteiger partial charge in [0.1, 0.15) is 0 Å². The van der Waals surface area contributed by atoms with E-state index in [1.807, 2.05) is 0 Å². The van der Waals surface area contributed by atoms with Crippen molar-refractivity contribution in [1.29, 1.82) is 0 Å². The molecular weight excluding hydrogens is 461 g/mol. The zero-order valence-electron chi connectivity index (χ0n) is 18.4. The van der Waals surface area contributed by atoms with E-state index in [0.717, 1.165) is 32.1 Å². The molecule has 1 heterocycles. The molecule has 28 heavy (non-hydrogen) atoms. The van der Waals surface area contributed by atoms with Crippen molar-refractivity contribution in [3.8, 4) is 0 Å². The van der Waals surface area contributed by atoms with Crippen molar-refractivity contribution < 1.29 is 0 Å². The summed E-state index contributed by atoms with van der Waals surface area (Å²) in [4.78, 5) is 9.85. The number of nitrogens with zero attached hydrogens (tertiary/aromatic N) is 3. The molecular formula is C22H40IN5. The molecule has 1 saturated heterocycles. The summed E-state index contributed by atoms with van der Waals surface area (Å²) in [6.45, 7) is 17.4. The highest BCUT2D eigenvalue weighted by Gasteiger charge is 2.20. The van der Waals surface area contributed by atoms with E-state index in [4.69, 9.17) is 4.99 Å². The maximum atomic E-state index is 4.86. The predicted octanol–water partition coefficient (Wildman–Crippen LogP) is 3.02. The first-order valence-corrected chi connectivity index (χ1v) is 10.4. The summed E-state index contributed by atoms with van der Waals surface area (Å²) in [5.74, 6) is 1.52. The minimum atomic E-state index is 0. The van der Waals surface area contributed by atoms with Gasteiger partial charge in [-0.3, -0.25) is 4.99 Å². The van der Waals surface area contributed by atoms with E-state index in [-0.39, 0.29) is 29.4 Å². The second-order valence-corrected chi connectivity index (χ2v) is 8.54. The molecule has 160 valence electrons. The number of hydrogen-bond acceptors (Lipinski definition) is 3. The van der Waals surface area contributed by atoms with Crippen LogP contribution in [-0.2, 0) is 5.41 Å². The summed E-state index contributed by atoms with van der Waals surface area (Å²) in [6, 6.07) is 10.6. The number of guanidine groups is 1. The molecule has 1 aromatic rings. The Bertz CT molecular complexity index is 568. The van der Waals surface area contributed by atoms with Crippen LogP contribution in [0, 0.1) is 5.92 Å².